The summed E-state index contributed by atoms with van der Waals surface area (Å²) in [5.41, 5.74) is -4.37. The molecule has 15 nitrogen and oxygen atoms in total. The van der Waals surface area contributed by atoms with Crippen molar-refractivity contribution in [2.75, 3.05) is 21.3 Å². The third-order valence-electron chi connectivity index (χ3n) is 12.3. The fourth-order valence-corrected chi connectivity index (χ4v) is 8.55. The highest BCUT2D eigenvalue weighted by Gasteiger charge is 2.54. The van der Waals surface area contributed by atoms with Gasteiger partial charge in [-0.15, -0.1) is 0 Å². The van der Waals surface area contributed by atoms with Crippen molar-refractivity contribution < 1.29 is 68.0 Å². The number of aliphatic hydroxyl groups is 4. The SMILES string of the molecule is CC[C@H]1OC(=O)[C@H](C)[C@@H](O[C@H]2CC(C)(OC)[C@@H](O)C(C)O2)[C@H](C)[C@@H](O[C@@H]2OC(C)CC(N(C)C=O)C2O)[C@](C)(OC)C[C@@H](C)C(=O)[C@H](C)[C@@H](O)[C@]1(C)O. The van der Waals surface area contributed by atoms with Crippen molar-refractivity contribution in [3.05, 3.63) is 0 Å². The van der Waals surface area contributed by atoms with Crippen LogP contribution in [0.4, 0.5) is 0 Å². The van der Waals surface area contributed by atoms with Crippen LogP contribution >= 0.6 is 0 Å². The van der Waals surface area contributed by atoms with Crippen LogP contribution in [0.2, 0.25) is 0 Å². The number of hydrogen-bond acceptors (Lipinski definition) is 14. The highest BCUT2D eigenvalue weighted by Crippen LogP contribution is 2.41. The summed E-state index contributed by atoms with van der Waals surface area (Å²) >= 11 is 0. The van der Waals surface area contributed by atoms with E-state index in [2.05, 4.69) is 0 Å². The third kappa shape index (κ3) is 9.61. The first-order chi connectivity index (χ1) is 24.5. The number of cyclic esters (lactones) is 1. The predicted octanol–water partition coefficient (Wildman–Crippen LogP) is 1.97. The minimum Gasteiger partial charge on any atom is -0.459 e. The molecule has 0 aromatic rings. The number of carbonyl (C=O) groups excluding carboxylic acids is 3. The molecule has 53 heavy (non-hydrogen) atoms. The molecule has 0 bridgehead atoms. The van der Waals surface area contributed by atoms with Gasteiger partial charge in [-0.1, -0.05) is 27.7 Å². The lowest BCUT2D eigenvalue weighted by Crippen LogP contribution is -2.61. The zero-order chi connectivity index (χ0) is 40.4. The minimum absolute atomic E-state index is 0.0558. The van der Waals surface area contributed by atoms with Crippen molar-refractivity contribution in [3.8, 4) is 0 Å². The number of carbonyl (C=O) groups is 3. The second kappa shape index (κ2) is 18.0. The summed E-state index contributed by atoms with van der Waals surface area (Å²) in [6.07, 6.45) is -9.27. The smallest absolute Gasteiger partial charge is 0.311 e. The van der Waals surface area contributed by atoms with Crippen molar-refractivity contribution in [2.45, 2.75) is 179 Å². The van der Waals surface area contributed by atoms with Crippen LogP contribution in [0.1, 0.15) is 94.9 Å². The maximum absolute atomic E-state index is 14.2. The number of amides is 1. The molecule has 0 aliphatic carbocycles. The predicted molar refractivity (Wildman–Crippen MR) is 191 cm³/mol. The van der Waals surface area contributed by atoms with Gasteiger partial charge in [0.05, 0.1) is 53.7 Å². The van der Waals surface area contributed by atoms with E-state index >= 15 is 0 Å². The van der Waals surface area contributed by atoms with Gasteiger partial charge in [-0.25, -0.2) is 0 Å². The zero-order valence-corrected chi connectivity index (χ0v) is 33.9. The first-order valence-corrected chi connectivity index (χ1v) is 18.9. The number of rotatable bonds is 9. The van der Waals surface area contributed by atoms with Gasteiger partial charge in [0.25, 0.3) is 0 Å². The fraction of sp³-hybridized carbons (Fsp3) is 0.921. The van der Waals surface area contributed by atoms with Gasteiger partial charge in [-0.05, 0) is 60.8 Å². The van der Waals surface area contributed by atoms with E-state index in [-0.39, 0.29) is 25.0 Å². The molecule has 15 heteroatoms. The van der Waals surface area contributed by atoms with Gasteiger partial charge >= 0.3 is 5.97 Å². The molecule has 5 unspecified atom stereocenters. The molecule has 3 fully saturated rings. The number of Topliss-reactive ketones (excluding diaryl/α,β-unsaturated/α-hetero) is 1. The van der Waals surface area contributed by atoms with E-state index in [1.807, 2.05) is 0 Å². The van der Waals surface area contributed by atoms with Crippen molar-refractivity contribution in [3.63, 3.8) is 0 Å². The molecule has 0 saturated carbocycles. The first kappa shape index (κ1) is 45.6. The van der Waals surface area contributed by atoms with Crippen LogP contribution < -0.4 is 0 Å². The Morgan fingerprint density at radius 2 is 1.49 bits per heavy atom. The van der Waals surface area contributed by atoms with Gasteiger partial charge in [-0.3, -0.25) is 14.4 Å². The molecular formula is C38H67NO14. The highest BCUT2D eigenvalue weighted by molar-refractivity contribution is 5.83. The summed E-state index contributed by atoms with van der Waals surface area (Å²) < 4.78 is 43.6. The lowest BCUT2D eigenvalue weighted by Gasteiger charge is -2.49. The maximum atomic E-state index is 14.2. The second-order valence-corrected chi connectivity index (χ2v) is 16.4. The van der Waals surface area contributed by atoms with E-state index in [1.165, 1.54) is 33.0 Å². The van der Waals surface area contributed by atoms with Crippen LogP contribution in [-0.2, 0) is 47.5 Å². The van der Waals surface area contributed by atoms with Gasteiger partial charge < -0.3 is 58.5 Å². The minimum atomic E-state index is -1.99. The van der Waals surface area contributed by atoms with E-state index < -0.39 is 114 Å². The highest BCUT2D eigenvalue weighted by atomic mass is 16.7. The van der Waals surface area contributed by atoms with Crippen LogP contribution in [-0.4, -0.2) is 149 Å². The number of nitrogens with zero attached hydrogens (tertiary/aromatic N) is 1. The molecule has 18 atom stereocenters. The van der Waals surface area contributed by atoms with Crippen LogP contribution in [0.5, 0.6) is 0 Å². The van der Waals surface area contributed by atoms with E-state index in [0.717, 1.165) is 0 Å². The molecule has 0 aromatic heterocycles. The summed E-state index contributed by atoms with van der Waals surface area (Å²) in [5.74, 6) is -4.74. The monoisotopic (exact) mass is 761 g/mol. The molecular weight excluding hydrogens is 694 g/mol. The fourth-order valence-electron chi connectivity index (χ4n) is 8.55. The van der Waals surface area contributed by atoms with Crippen LogP contribution in [0.25, 0.3) is 0 Å². The molecule has 4 N–H and O–H groups in total. The summed E-state index contributed by atoms with van der Waals surface area (Å²) in [4.78, 5) is 41.3. The van der Waals surface area contributed by atoms with Gasteiger partial charge in [-0.2, -0.15) is 0 Å². The Kier molecular flexibility index (Phi) is 15.5. The molecule has 3 saturated heterocycles. The molecule has 0 radical (unpaired) electrons. The number of ether oxygens (including phenoxy) is 7. The third-order valence-corrected chi connectivity index (χ3v) is 12.3. The Balaban J connectivity index is 2.23. The lowest BCUT2D eigenvalue weighted by atomic mass is 9.74. The first-order valence-electron chi connectivity index (χ1n) is 18.9. The zero-order valence-electron chi connectivity index (χ0n) is 33.9. The number of methoxy groups -OCH3 is 2. The summed E-state index contributed by atoms with van der Waals surface area (Å²) in [7, 11) is 4.51. The molecule has 3 rings (SSSR count). The number of aliphatic hydroxyl groups excluding tert-OH is 3. The number of esters is 1. The Labute approximate surface area is 314 Å². The molecule has 308 valence electrons. The van der Waals surface area contributed by atoms with Gasteiger partial charge in [0.15, 0.2) is 12.6 Å². The molecule has 3 heterocycles. The van der Waals surface area contributed by atoms with Crippen LogP contribution in [0.3, 0.4) is 0 Å². The van der Waals surface area contributed by atoms with E-state index in [1.54, 1.807) is 62.4 Å². The second-order valence-electron chi connectivity index (χ2n) is 16.4. The van der Waals surface area contributed by atoms with Crippen LogP contribution in [0.15, 0.2) is 0 Å². The maximum Gasteiger partial charge on any atom is 0.311 e. The summed E-state index contributed by atoms with van der Waals surface area (Å²) in [6, 6.07) is -0.637. The Morgan fingerprint density at radius 1 is 0.887 bits per heavy atom. The summed E-state index contributed by atoms with van der Waals surface area (Å²) in [5, 5.41) is 45.5. The normalized spacial score (nSPS) is 48.1. The summed E-state index contributed by atoms with van der Waals surface area (Å²) in [6.45, 7) is 16.7. The molecule has 0 aromatic carbocycles. The number of ketones is 1. The standard InChI is InChI=1S/C38H67NO14/c1-14-26-38(10,46)31(43)21(4)28(41)19(2)16-37(9,48-13)33(53-35-29(42)25(39(11)18-40)15-20(3)49-35)22(5)30(23(6)34(45)51-26)52-27-17-36(8,47-12)32(44)24(7)50-27/h18-27,29-33,35,42-44,46H,14-17H2,1-13H3/t19-,20?,21+,22+,23-,24?,25?,26-,27+,29?,30+,31-,32+,33-,35+,36?,37-,38-/m1/s1. The van der Waals surface area contributed by atoms with E-state index in [4.69, 9.17) is 33.2 Å². The number of hydrogen-bond donors (Lipinski definition) is 4. The lowest BCUT2D eigenvalue weighted by molar-refractivity contribution is -0.319. The Bertz CT molecular complexity index is 1240. The van der Waals surface area contributed by atoms with Crippen molar-refractivity contribution in [1.82, 2.24) is 4.90 Å². The Morgan fingerprint density at radius 3 is 2.04 bits per heavy atom. The average Bonchev–Trinajstić information content (AvgIpc) is 3.12. The largest absolute Gasteiger partial charge is 0.459 e. The Hall–Kier alpha value is -1.79. The van der Waals surface area contributed by atoms with Crippen molar-refractivity contribution in [2.24, 2.45) is 23.7 Å². The number of likely N-dealkylation sites (N-methyl/N-ethyl adjacent to an activating group) is 1. The van der Waals surface area contributed by atoms with Gasteiger partial charge in [0.1, 0.15) is 29.7 Å². The van der Waals surface area contributed by atoms with Crippen molar-refractivity contribution in [1.29, 1.82) is 0 Å². The topological polar surface area (TPSA) is 200 Å². The van der Waals surface area contributed by atoms with Gasteiger partial charge in [0.2, 0.25) is 6.41 Å². The van der Waals surface area contributed by atoms with E-state index in [9.17, 15) is 34.8 Å². The van der Waals surface area contributed by atoms with Crippen molar-refractivity contribution >= 4 is 18.2 Å². The quantitative estimate of drug-likeness (QED) is 0.196. The average molecular weight is 762 g/mol. The van der Waals surface area contributed by atoms with Gasteiger partial charge in [0, 0.05) is 45.4 Å². The van der Waals surface area contributed by atoms with E-state index in [0.29, 0.717) is 12.8 Å². The van der Waals surface area contributed by atoms with Crippen LogP contribution in [0, 0.1) is 23.7 Å². The molecule has 0 spiro atoms. The molecule has 3 aliphatic heterocycles. The molecule has 1 amide bonds. The molecule has 3 aliphatic rings.